The highest BCUT2D eigenvalue weighted by molar-refractivity contribution is 7.11. The fourth-order valence-corrected chi connectivity index (χ4v) is 3.88. The van der Waals surface area contributed by atoms with Crippen LogP contribution in [0.4, 0.5) is 17.6 Å². The Labute approximate surface area is 173 Å². The molecule has 0 aliphatic rings. The second-order valence-corrected chi connectivity index (χ2v) is 7.26. The van der Waals surface area contributed by atoms with Gasteiger partial charge < -0.3 is 14.3 Å². The maximum absolute atomic E-state index is 12.8. The number of ether oxygens (including phenoxy) is 2. The summed E-state index contributed by atoms with van der Waals surface area (Å²) in [5, 5.41) is 0.647. The molecule has 0 bridgehead atoms. The monoisotopic (exact) mass is 440 g/mol. The fourth-order valence-electron chi connectivity index (χ4n) is 2.89. The van der Waals surface area contributed by atoms with Gasteiger partial charge in [0, 0.05) is 35.8 Å². The van der Waals surface area contributed by atoms with E-state index in [0.29, 0.717) is 17.0 Å². The summed E-state index contributed by atoms with van der Waals surface area (Å²) in [5.74, 6) is -1.37. The molecule has 0 saturated heterocycles. The van der Waals surface area contributed by atoms with E-state index in [1.165, 1.54) is 29.5 Å². The highest BCUT2D eigenvalue weighted by Gasteiger charge is 2.23. The summed E-state index contributed by atoms with van der Waals surface area (Å²) in [6.07, 6.45) is 6.24. The predicted octanol–water partition coefficient (Wildman–Crippen LogP) is 4.86. The zero-order valence-electron chi connectivity index (χ0n) is 15.4. The molecule has 10 heteroatoms. The van der Waals surface area contributed by atoms with Crippen molar-refractivity contribution in [1.29, 1.82) is 0 Å². The van der Waals surface area contributed by atoms with E-state index in [0.717, 1.165) is 16.7 Å². The number of hydrogen-bond acceptors (Lipinski definition) is 6. The molecule has 1 unspecified atom stereocenters. The molecule has 1 atom stereocenters. The molecule has 1 aromatic carbocycles. The highest BCUT2D eigenvalue weighted by Crippen LogP contribution is 2.38. The van der Waals surface area contributed by atoms with Gasteiger partial charge in [-0.05, 0) is 41.8 Å². The van der Waals surface area contributed by atoms with Crippen molar-refractivity contribution in [3.8, 4) is 11.5 Å². The van der Waals surface area contributed by atoms with E-state index in [1.807, 2.05) is 0 Å². The molecule has 3 aromatic rings. The Hall–Kier alpha value is -3.01. The SMILES string of the molecule is O=CCc1cnc(C(Cc2ccncc2)c2ccc(OC(F)F)c(OC(F)F)c2)s1. The van der Waals surface area contributed by atoms with Gasteiger partial charge in [0.15, 0.2) is 11.5 Å². The molecule has 2 heterocycles. The normalized spacial score (nSPS) is 12.2. The molecule has 0 aliphatic carbocycles. The first-order valence-corrected chi connectivity index (χ1v) is 9.58. The molecular weight excluding hydrogens is 424 g/mol. The Morgan fingerprint density at radius 1 is 1.00 bits per heavy atom. The average molecular weight is 440 g/mol. The summed E-state index contributed by atoms with van der Waals surface area (Å²) >= 11 is 1.32. The van der Waals surface area contributed by atoms with Crippen LogP contribution in [-0.2, 0) is 17.6 Å². The maximum atomic E-state index is 12.8. The molecule has 30 heavy (non-hydrogen) atoms. The Morgan fingerprint density at radius 2 is 1.70 bits per heavy atom. The number of rotatable bonds is 10. The average Bonchev–Trinajstić information content (AvgIpc) is 3.16. The lowest BCUT2D eigenvalue weighted by Crippen LogP contribution is -2.10. The van der Waals surface area contributed by atoms with Crippen LogP contribution in [0, 0.1) is 0 Å². The van der Waals surface area contributed by atoms with Crippen molar-refractivity contribution in [1.82, 2.24) is 9.97 Å². The molecule has 3 rings (SSSR count). The lowest BCUT2D eigenvalue weighted by atomic mass is 9.92. The van der Waals surface area contributed by atoms with Crippen LogP contribution < -0.4 is 9.47 Å². The minimum Gasteiger partial charge on any atom is -0.431 e. The van der Waals surface area contributed by atoms with Crippen molar-refractivity contribution in [2.45, 2.75) is 32.0 Å². The van der Waals surface area contributed by atoms with E-state index in [9.17, 15) is 22.4 Å². The molecule has 0 amide bonds. The number of carbonyl (C=O) groups is 1. The van der Waals surface area contributed by atoms with Crippen LogP contribution in [-0.4, -0.2) is 29.5 Å². The Kier molecular flexibility index (Phi) is 7.34. The number of carbonyl (C=O) groups excluding carboxylic acids is 1. The Morgan fingerprint density at radius 3 is 2.37 bits per heavy atom. The van der Waals surface area contributed by atoms with Crippen LogP contribution in [0.2, 0.25) is 0 Å². The topological polar surface area (TPSA) is 61.3 Å². The lowest BCUT2D eigenvalue weighted by Gasteiger charge is -2.18. The summed E-state index contributed by atoms with van der Waals surface area (Å²) in [7, 11) is 0. The zero-order valence-corrected chi connectivity index (χ0v) is 16.2. The zero-order chi connectivity index (χ0) is 21.5. The number of alkyl halides is 4. The molecule has 0 aliphatic heterocycles. The van der Waals surface area contributed by atoms with Crippen LogP contribution in [0.15, 0.2) is 48.9 Å². The summed E-state index contributed by atoms with van der Waals surface area (Å²) in [5.41, 5.74) is 1.43. The Balaban J connectivity index is 2.01. The van der Waals surface area contributed by atoms with Crippen LogP contribution in [0.3, 0.4) is 0 Å². The third-order valence-corrected chi connectivity index (χ3v) is 5.28. The van der Waals surface area contributed by atoms with E-state index in [-0.39, 0.29) is 6.42 Å². The van der Waals surface area contributed by atoms with Crippen molar-refractivity contribution in [3.63, 3.8) is 0 Å². The van der Waals surface area contributed by atoms with Gasteiger partial charge in [0.25, 0.3) is 0 Å². The molecule has 158 valence electrons. The van der Waals surface area contributed by atoms with Gasteiger partial charge in [0.2, 0.25) is 0 Å². The number of pyridine rings is 1. The van der Waals surface area contributed by atoms with Gasteiger partial charge in [0.05, 0.1) is 0 Å². The van der Waals surface area contributed by atoms with Gasteiger partial charge in [-0.25, -0.2) is 4.98 Å². The molecule has 0 saturated carbocycles. The number of benzene rings is 1. The predicted molar refractivity (Wildman–Crippen MR) is 101 cm³/mol. The Bertz CT molecular complexity index is 970. The maximum Gasteiger partial charge on any atom is 0.387 e. The quantitative estimate of drug-likeness (QED) is 0.333. The minimum absolute atomic E-state index is 0.209. The number of aldehydes is 1. The number of hydrogen-bond donors (Lipinski definition) is 0. The molecule has 2 aromatic heterocycles. The highest BCUT2D eigenvalue weighted by atomic mass is 32.1. The first-order valence-electron chi connectivity index (χ1n) is 8.77. The van der Waals surface area contributed by atoms with Gasteiger partial charge >= 0.3 is 13.2 Å². The summed E-state index contributed by atoms with van der Waals surface area (Å²) in [6.45, 7) is -6.40. The lowest BCUT2D eigenvalue weighted by molar-refractivity contribution is -0.107. The van der Waals surface area contributed by atoms with E-state index in [4.69, 9.17) is 0 Å². The molecule has 0 radical (unpaired) electrons. The van der Waals surface area contributed by atoms with Crippen molar-refractivity contribution in [3.05, 3.63) is 69.9 Å². The summed E-state index contributed by atoms with van der Waals surface area (Å²) < 4.78 is 59.6. The third kappa shape index (κ3) is 5.76. The van der Waals surface area contributed by atoms with Crippen molar-refractivity contribution in [2.24, 2.45) is 0 Å². The number of nitrogens with zero attached hydrogens (tertiary/aromatic N) is 2. The number of halogens is 4. The third-order valence-electron chi connectivity index (χ3n) is 4.15. The summed E-state index contributed by atoms with van der Waals surface area (Å²) in [4.78, 5) is 19.9. The van der Waals surface area contributed by atoms with E-state index in [2.05, 4.69) is 19.4 Å². The van der Waals surface area contributed by atoms with Gasteiger partial charge in [-0.1, -0.05) is 6.07 Å². The molecule has 0 fully saturated rings. The first-order chi connectivity index (χ1) is 14.5. The number of aromatic nitrogens is 2. The van der Waals surface area contributed by atoms with E-state index in [1.54, 1.807) is 30.7 Å². The smallest absolute Gasteiger partial charge is 0.387 e. The number of thiazole rings is 1. The van der Waals surface area contributed by atoms with Gasteiger partial charge in [-0.2, -0.15) is 17.6 Å². The fraction of sp³-hybridized carbons (Fsp3) is 0.250. The second kappa shape index (κ2) is 10.1. The van der Waals surface area contributed by atoms with E-state index >= 15 is 0 Å². The van der Waals surface area contributed by atoms with Gasteiger partial charge in [0.1, 0.15) is 11.3 Å². The molecular formula is C20H16F4N2O3S. The standard InChI is InChI=1S/C20H16F4N2O3S/c21-19(22)28-16-2-1-13(10-17(16)29-20(23)24)15(9-12-3-6-25-7-4-12)18-26-11-14(30-18)5-8-27/h1-4,6-8,10-11,15,19-20H,5,9H2. The van der Waals surface area contributed by atoms with Crippen LogP contribution >= 0.6 is 11.3 Å². The van der Waals surface area contributed by atoms with Crippen LogP contribution in [0.5, 0.6) is 11.5 Å². The molecule has 0 N–H and O–H groups in total. The van der Waals surface area contributed by atoms with E-state index < -0.39 is 30.6 Å². The molecule has 5 nitrogen and oxygen atoms in total. The summed E-state index contributed by atoms with van der Waals surface area (Å²) in [6, 6.07) is 7.52. The van der Waals surface area contributed by atoms with Gasteiger partial charge in [-0.15, -0.1) is 11.3 Å². The van der Waals surface area contributed by atoms with Gasteiger partial charge in [-0.3, -0.25) is 4.98 Å². The largest absolute Gasteiger partial charge is 0.431 e. The minimum atomic E-state index is -3.21. The van der Waals surface area contributed by atoms with Crippen LogP contribution in [0.25, 0.3) is 0 Å². The van der Waals surface area contributed by atoms with Crippen LogP contribution in [0.1, 0.15) is 26.9 Å². The van der Waals surface area contributed by atoms with Crippen molar-refractivity contribution < 1.29 is 31.8 Å². The van der Waals surface area contributed by atoms with Crippen molar-refractivity contribution in [2.75, 3.05) is 0 Å². The second-order valence-electron chi connectivity index (χ2n) is 6.11. The van der Waals surface area contributed by atoms with Crippen molar-refractivity contribution >= 4 is 17.6 Å². The first kappa shape index (κ1) is 21.7. The molecule has 0 spiro atoms.